The van der Waals surface area contributed by atoms with Gasteiger partial charge < -0.3 is 0 Å². The minimum Gasteiger partial charge on any atom is -0.296 e. The Morgan fingerprint density at radius 2 is 0.641 bits per heavy atom. The molecule has 0 aromatic rings. The van der Waals surface area contributed by atoms with Crippen LogP contribution in [0, 0.1) is 0 Å². The number of unbranched alkanes of at least 4 members (excludes halogenated alkanes) is 25. The third kappa shape index (κ3) is 33.0. The number of allylic oxidation sites excluding steroid dienone is 2. The van der Waals surface area contributed by atoms with Crippen molar-refractivity contribution in [3.8, 4) is 0 Å². The summed E-state index contributed by atoms with van der Waals surface area (Å²) in [7, 11) is 0. The monoisotopic (exact) mass is 548 g/mol. The maximum absolute atomic E-state index is 12.0. The number of amides is 2. The van der Waals surface area contributed by atoms with Crippen molar-refractivity contribution in [2.75, 3.05) is 0 Å². The van der Waals surface area contributed by atoms with E-state index in [0.717, 1.165) is 25.7 Å². The summed E-state index contributed by atoms with van der Waals surface area (Å²) in [5.74, 6) is -0.166. The maximum Gasteiger partial charge on any atom is 0.226 e. The Kier molecular flexibility index (Phi) is 32.1. The molecule has 3 heteroatoms. The van der Waals surface area contributed by atoms with E-state index >= 15 is 0 Å². The van der Waals surface area contributed by atoms with Gasteiger partial charge in [0.05, 0.1) is 0 Å². The summed E-state index contributed by atoms with van der Waals surface area (Å²) in [4.78, 5) is 24.0. The highest BCUT2D eigenvalue weighted by atomic mass is 16.2. The van der Waals surface area contributed by atoms with Crippen molar-refractivity contribution < 1.29 is 9.59 Å². The Bertz CT molecular complexity index is 542. The number of hydrogen-bond donors (Lipinski definition) is 1. The third-order valence-electron chi connectivity index (χ3n) is 7.95. The maximum atomic E-state index is 12.0. The van der Waals surface area contributed by atoms with Crippen molar-refractivity contribution in [1.82, 2.24) is 5.32 Å². The van der Waals surface area contributed by atoms with Gasteiger partial charge in [-0.05, 0) is 38.5 Å². The van der Waals surface area contributed by atoms with Crippen molar-refractivity contribution in [1.29, 1.82) is 0 Å². The molecule has 0 unspecified atom stereocenters. The van der Waals surface area contributed by atoms with Gasteiger partial charge in [-0.3, -0.25) is 14.9 Å². The number of carbonyl (C=O) groups excluding carboxylic acids is 2. The van der Waals surface area contributed by atoms with E-state index in [1.54, 1.807) is 0 Å². The predicted octanol–water partition coefficient (Wildman–Crippen LogP) is 11.9. The molecule has 39 heavy (non-hydrogen) atoms. The van der Waals surface area contributed by atoms with Crippen molar-refractivity contribution >= 4 is 11.8 Å². The van der Waals surface area contributed by atoms with E-state index in [4.69, 9.17) is 0 Å². The fourth-order valence-electron chi connectivity index (χ4n) is 5.29. The Hall–Kier alpha value is -1.12. The topological polar surface area (TPSA) is 46.2 Å². The van der Waals surface area contributed by atoms with E-state index in [1.165, 1.54) is 154 Å². The molecule has 0 saturated heterocycles. The van der Waals surface area contributed by atoms with Gasteiger partial charge in [0.15, 0.2) is 0 Å². The first-order valence-corrected chi connectivity index (χ1v) is 17.7. The molecule has 3 nitrogen and oxygen atoms in total. The second-order valence-corrected chi connectivity index (χ2v) is 12.0. The third-order valence-corrected chi connectivity index (χ3v) is 7.95. The molecule has 0 aromatic carbocycles. The lowest BCUT2D eigenvalue weighted by Gasteiger charge is -2.05. The molecule has 0 bridgehead atoms. The van der Waals surface area contributed by atoms with Crippen LogP contribution in [0.5, 0.6) is 0 Å². The smallest absolute Gasteiger partial charge is 0.226 e. The van der Waals surface area contributed by atoms with Crippen LogP contribution in [0.1, 0.15) is 206 Å². The number of imide groups is 1. The molecule has 0 heterocycles. The average molecular weight is 548 g/mol. The molecule has 1 N–H and O–H groups in total. The van der Waals surface area contributed by atoms with Crippen LogP contribution >= 0.6 is 0 Å². The van der Waals surface area contributed by atoms with Gasteiger partial charge in [0, 0.05) is 12.8 Å². The summed E-state index contributed by atoms with van der Waals surface area (Å²) in [6.07, 6.45) is 41.8. The zero-order valence-electron chi connectivity index (χ0n) is 26.7. The molecule has 230 valence electrons. The van der Waals surface area contributed by atoms with Gasteiger partial charge in [0.1, 0.15) is 0 Å². The van der Waals surface area contributed by atoms with Crippen molar-refractivity contribution in [2.45, 2.75) is 206 Å². The van der Waals surface area contributed by atoms with Gasteiger partial charge in [-0.25, -0.2) is 0 Å². The highest BCUT2D eigenvalue weighted by molar-refractivity contribution is 5.95. The van der Waals surface area contributed by atoms with Gasteiger partial charge in [-0.2, -0.15) is 0 Å². The predicted molar refractivity (Wildman–Crippen MR) is 172 cm³/mol. The summed E-state index contributed by atoms with van der Waals surface area (Å²) in [6, 6.07) is 0. The molecule has 0 atom stereocenters. The van der Waals surface area contributed by atoms with Crippen LogP contribution in [0.15, 0.2) is 12.2 Å². The number of carbonyl (C=O) groups is 2. The average Bonchev–Trinajstić information content (AvgIpc) is 2.93. The normalized spacial score (nSPS) is 11.4. The molecule has 0 rings (SSSR count). The van der Waals surface area contributed by atoms with E-state index in [1.807, 2.05) is 0 Å². The van der Waals surface area contributed by atoms with E-state index in [2.05, 4.69) is 31.3 Å². The molecule has 0 aliphatic carbocycles. The van der Waals surface area contributed by atoms with Gasteiger partial charge in [0.2, 0.25) is 11.8 Å². The molecule has 0 spiro atoms. The summed E-state index contributed by atoms with van der Waals surface area (Å²) < 4.78 is 0. The number of nitrogens with one attached hydrogen (secondary N) is 1. The van der Waals surface area contributed by atoms with E-state index in [0.29, 0.717) is 12.8 Å². The Morgan fingerprint density at radius 3 is 0.949 bits per heavy atom. The zero-order valence-corrected chi connectivity index (χ0v) is 26.7. The molecular formula is C36H69NO2. The van der Waals surface area contributed by atoms with Crippen LogP contribution < -0.4 is 5.32 Å². The van der Waals surface area contributed by atoms with E-state index < -0.39 is 0 Å². The fraction of sp³-hybridized carbons (Fsp3) is 0.889. The first-order valence-electron chi connectivity index (χ1n) is 17.7. The minimum absolute atomic E-state index is 0.0811. The number of hydrogen-bond acceptors (Lipinski definition) is 2. The lowest BCUT2D eigenvalue weighted by molar-refractivity contribution is -0.130. The molecule has 0 saturated carbocycles. The van der Waals surface area contributed by atoms with Crippen LogP contribution in [0.2, 0.25) is 0 Å². The van der Waals surface area contributed by atoms with Gasteiger partial charge >= 0.3 is 0 Å². The van der Waals surface area contributed by atoms with E-state index in [-0.39, 0.29) is 11.8 Å². The van der Waals surface area contributed by atoms with Gasteiger partial charge in [0.25, 0.3) is 0 Å². The molecule has 0 radical (unpaired) electrons. The summed E-state index contributed by atoms with van der Waals surface area (Å²) in [5.41, 5.74) is 0. The molecule has 0 fully saturated rings. The quantitative estimate of drug-likeness (QED) is 0.0693. The minimum atomic E-state index is -0.0846. The second kappa shape index (κ2) is 33.1. The lowest BCUT2D eigenvalue weighted by Crippen LogP contribution is -2.29. The van der Waals surface area contributed by atoms with Crippen LogP contribution in [-0.2, 0) is 9.59 Å². The molecule has 0 aliphatic rings. The van der Waals surface area contributed by atoms with Gasteiger partial charge in [-0.15, -0.1) is 0 Å². The second-order valence-electron chi connectivity index (χ2n) is 12.0. The van der Waals surface area contributed by atoms with Crippen LogP contribution in [0.25, 0.3) is 0 Å². The summed E-state index contributed by atoms with van der Waals surface area (Å²) in [6.45, 7) is 4.55. The van der Waals surface area contributed by atoms with Crippen molar-refractivity contribution in [3.63, 3.8) is 0 Å². The van der Waals surface area contributed by atoms with Crippen molar-refractivity contribution in [3.05, 3.63) is 12.2 Å². The standard InChI is InChI=1S/C36H69NO2/c1-3-5-7-9-11-13-15-17-19-21-23-25-27-29-31-33-35(38)37-36(39)34-32-30-28-26-24-22-20-18-16-14-12-10-8-6-4-2/h17,19H,3-16,18,20-34H2,1-2H3,(H,37,38,39)/b19-17+. The fourth-order valence-corrected chi connectivity index (χ4v) is 5.29. The molecule has 0 aliphatic heterocycles. The van der Waals surface area contributed by atoms with Crippen molar-refractivity contribution in [2.24, 2.45) is 0 Å². The SMILES string of the molecule is CCCCCCCC/C=C/CCCCCCCC(=O)NC(=O)CCCCCCCCCCCCCCCCC. The zero-order chi connectivity index (χ0) is 28.5. The Morgan fingerprint density at radius 1 is 0.385 bits per heavy atom. The van der Waals surface area contributed by atoms with Gasteiger partial charge in [-0.1, -0.05) is 167 Å². The Labute approximate surface area is 245 Å². The van der Waals surface area contributed by atoms with Crippen LogP contribution in [0.4, 0.5) is 0 Å². The summed E-state index contributed by atoms with van der Waals surface area (Å²) in [5, 5.41) is 2.59. The first-order chi connectivity index (χ1) is 19.2. The van der Waals surface area contributed by atoms with Crippen LogP contribution in [-0.4, -0.2) is 11.8 Å². The highest BCUT2D eigenvalue weighted by Gasteiger charge is 2.07. The lowest BCUT2D eigenvalue weighted by atomic mass is 10.0. The molecule has 2 amide bonds. The molecule has 0 aromatic heterocycles. The highest BCUT2D eigenvalue weighted by Crippen LogP contribution is 2.14. The number of rotatable bonds is 31. The van der Waals surface area contributed by atoms with E-state index in [9.17, 15) is 9.59 Å². The summed E-state index contributed by atoms with van der Waals surface area (Å²) >= 11 is 0. The molecular weight excluding hydrogens is 478 g/mol. The Balaban J connectivity index is 3.32. The van der Waals surface area contributed by atoms with Crippen LogP contribution in [0.3, 0.4) is 0 Å². The first kappa shape index (κ1) is 37.9. The largest absolute Gasteiger partial charge is 0.296 e.